The Bertz CT molecular complexity index is 1930. The maximum Gasteiger partial charge on any atom is 0.416 e. The molecule has 0 radical (unpaired) electrons. The van der Waals surface area contributed by atoms with Gasteiger partial charge in [-0.25, -0.2) is 9.69 Å². The number of nitro benzene ring substituents is 1. The van der Waals surface area contributed by atoms with Crippen molar-refractivity contribution in [3.63, 3.8) is 0 Å². The zero-order valence-corrected chi connectivity index (χ0v) is 26.3. The molecule has 0 aromatic heterocycles. The molecule has 0 unspecified atom stereocenters. The number of hydrogen-bond acceptors (Lipinski definition) is 8. The number of halogens is 4. The largest absolute Gasteiger partial charge is 0.490 e. The molecule has 0 spiro atoms. The van der Waals surface area contributed by atoms with Crippen LogP contribution >= 0.6 is 15.9 Å². The zero-order chi connectivity index (χ0) is 34.6. The number of nitro groups is 1. The summed E-state index contributed by atoms with van der Waals surface area (Å²) in [6, 6.07) is 19.2. The van der Waals surface area contributed by atoms with Crippen molar-refractivity contribution in [3.8, 4) is 23.0 Å². The van der Waals surface area contributed by atoms with Crippen LogP contribution in [-0.4, -0.2) is 29.4 Å². The molecule has 246 valence electrons. The molecule has 0 atom stereocenters. The van der Waals surface area contributed by atoms with E-state index in [0.29, 0.717) is 24.5 Å². The van der Waals surface area contributed by atoms with Crippen molar-refractivity contribution in [1.29, 1.82) is 0 Å². The summed E-state index contributed by atoms with van der Waals surface area (Å²) in [5, 5.41) is 13.7. The van der Waals surface area contributed by atoms with Gasteiger partial charge in [0.25, 0.3) is 11.8 Å². The van der Waals surface area contributed by atoms with E-state index in [4.69, 9.17) is 14.2 Å². The fourth-order valence-electron chi connectivity index (χ4n) is 4.56. The first kappa shape index (κ1) is 33.7. The van der Waals surface area contributed by atoms with Crippen LogP contribution in [0.2, 0.25) is 0 Å². The highest BCUT2D eigenvalue weighted by Crippen LogP contribution is 2.44. The molecule has 1 aliphatic rings. The number of nitrogens with zero attached hydrogens (tertiary/aromatic N) is 2. The van der Waals surface area contributed by atoms with Gasteiger partial charge in [-0.3, -0.25) is 25.0 Å². The molecular weight excluding hydrogens is 703 g/mol. The fraction of sp³-hybridized carbons (Fsp3) is 0.121. The molecule has 4 amide bonds. The molecule has 5 rings (SSSR count). The van der Waals surface area contributed by atoms with Crippen molar-refractivity contribution >= 4 is 51.2 Å². The topological polar surface area (TPSA) is 137 Å². The van der Waals surface area contributed by atoms with E-state index in [1.807, 2.05) is 30.3 Å². The number of anilines is 1. The summed E-state index contributed by atoms with van der Waals surface area (Å²) >= 11 is 3.27. The van der Waals surface area contributed by atoms with Gasteiger partial charge in [0.1, 0.15) is 17.9 Å². The van der Waals surface area contributed by atoms with Crippen LogP contribution in [0, 0.1) is 10.1 Å². The molecule has 15 heteroatoms. The second-order valence-electron chi connectivity index (χ2n) is 10.0. The maximum absolute atomic E-state index is 13.5. The maximum atomic E-state index is 13.5. The van der Waals surface area contributed by atoms with Gasteiger partial charge in [-0.15, -0.1) is 0 Å². The molecule has 0 saturated carbocycles. The molecule has 1 heterocycles. The molecule has 48 heavy (non-hydrogen) atoms. The van der Waals surface area contributed by atoms with Crippen molar-refractivity contribution in [2.75, 3.05) is 11.5 Å². The van der Waals surface area contributed by atoms with Crippen molar-refractivity contribution in [2.45, 2.75) is 19.7 Å². The van der Waals surface area contributed by atoms with Gasteiger partial charge in [-0.05, 0) is 88.6 Å². The summed E-state index contributed by atoms with van der Waals surface area (Å²) in [4.78, 5) is 50.4. The van der Waals surface area contributed by atoms with Crippen molar-refractivity contribution in [1.82, 2.24) is 5.32 Å². The SMILES string of the molecule is CCOc1cc(/C=C2\C(=O)NC(=O)N(c3ccc(OCc4ccccc4)cc3)C2=O)cc(Br)c1Oc1ccc(C(F)(F)F)cc1[N+](=O)[O-]. The highest BCUT2D eigenvalue weighted by Gasteiger charge is 2.37. The van der Waals surface area contributed by atoms with Crippen LogP contribution in [0.25, 0.3) is 6.08 Å². The normalized spacial score (nSPS) is 14.1. The van der Waals surface area contributed by atoms with Crippen molar-refractivity contribution in [3.05, 3.63) is 122 Å². The van der Waals surface area contributed by atoms with Crippen LogP contribution in [0.3, 0.4) is 0 Å². The first-order valence-corrected chi connectivity index (χ1v) is 14.8. The summed E-state index contributed by atoms with van der Waals surface area (Å²) in [6.45, 7) is 2.00. The third kappa shape index (κ3) is 7.47. The Kier molecular flexibility index (Phi) is 9.79. The molecule has 0 aliphatic carbocycles. The Labute approximate surface area is 278 Å². The first-order chi connectivity index (χ1) is 22.8. The monoisotopic (exact) mass is 725 g/mol. The zero-order valence-electron chi connectivity index (χ0n) is 24.7. The lowest BCUT2D eigenvalue weighted by Crippen LogP contribution is -2.54. The Morgan fingerprint density at radius 3 is 2.29 bits per heavy atom. The lowest BCUT2D eigenvalue weighted by atomic mass is 10.1. The van der Waals surface area contributed by atoms with Crippen LogP contribution in [0.4, 0.5) is 29.3 Å². The molecule has 1 aliphatic heterocycles. The molecule has 0 bridgehead atoms. The molecule has 4 aromatic rings. The third-order valence-electron chi connectivity index (χ3n) is 6.78. The fourth-order valence-corrected chi connectivity index (χ4v) is 5.10. The quantitative estimate of drug-likeness (QED) is 0.0757. The van der Waals surface area contributed by atoms with E-state index >= 15 is 0 Å². The molecule has 1 fully saturated rings. The predicted molar refractivity (Wildman–Crippen MR) is 170 cm³/mol. The lowest BCUT2D eigenvalue weighted by molar-refractivity contribution is -0.385. The number of carbonyl (C=O) groups is 3. The Morgan fingerprint density at radius 1 is 0.938 bits per heavy atom. The third-order valence-corrected chi connectivity index (χ3v) is 7.37. The second-order valence-corrected chi connectivity index (χ2v) is 10.9. The molecule has 1 N–H and O–H groups in total. The minimum atomic E-state index is -4.82. The number of ether oxygens (including phenoxy) is 3. The predicted octanol–water partition coefficient (Wildman–Crippen LogP) is 7.81. The number of carbonyl (C=O) groups excluding carboxylic acids is 3. The van der Waals surface area contributed by atoms with E-state index in [1.165, 1.54) is 30.3 Å². The summed E-state index contributed by atoms with van der Waals surface area (Å²) in [5.41, 5.74) is -1.24. The van der Waals surface area contributed by atoms with E-state index in [9.17, 15) is 37.7 Å². The van der Waals surface area contributed by atoms with Crippen LogP contribution in [0.15, 0.2) is 95.0 Å². The van der Waals surface area contributed by atoms with Gasteiger partial charge >= 0.3 is 17.9 Å². The van der Waals surface area contributed by atoms with Crippen LogP contribution < -0.4 is 24.4 Å². The van der Waals surface area contributed by atoms with Gasteiger partial charge in [0.05, 0.1) is 27.3 Å². The second kappa shape index (κ2) is 14.0. The van der Waals surface area contributed by atoms with Gasteiger partial charge in [-0.1, -0.05) is 30.3 Å². The number of hydrogen-bond donors (Lipinski definition) is 1. The summed E-state index contributed by atoms with van der Waals surface area (Å²) in [7, 11) is 0. The molecule has 4 aromatic carbocycles. The van der Waals surface area contributed by atoms with Crippen molar-refractivity contribution in [2.24, 2.45) is 0 Å². The number of imide groups is 2. The smallest absolute Gasteiger partial charge is 0.416 e. The standard InChI is InChI=1S/C33H23BrF3N3O8/c1-2-46-28-16-20(15-25(34)29(28)48-27-13-8-21(33(35,36)37)17-26(27)40(44)45)14-24-30(41)38-32(43)39(31(24)42)22-9-11-23(12-10-22)47-18-19-6-4-3-5-7-19/h3-17H,2,18H2,1H3,(H,38,41,43)/b24-14+. The first-order valence-electron chi connectivity index (χ1n) is 14.0. The molecule has 1 saturated heterocycles. The van der Waals surface area contributed by atoms with Crippen molar-refractivity contribution < 1.29 is 46.7 Å². The van der Waals surface area contributed by atoms with Gasteiger partial charge in [0.2, 0.25) is 5.75 Å². The number of nitrogens with one attached hydrogen (secondary N) is 1. The number of alkyl halides is 3. The van der Waals surface area contributed by atoms with E-state index in [1.54, 1.807) is 19.1 Å². The summed E-state index contributed by atoms with van der Waals surface area (Å²) in [6.07, 6.45) is -3.62. The van der Waals surface area contributed by atoms with Gasteiger partial charge in [-0.2, -0.15) is 13.2 Å². The number of barbiturate groups is 1. The summed E-state index contributed by atoms with van der Waals surface area (Å²) in [5.74, 6) is -2.02. The molecular formula is C33H23BrF3N3O8. The minimum Gasteiger partial charge on any atom is -0.490 e. The molecule has 11 nitrogen and oxygen atoms in total. The average Bonchev–Trinajstić information content (AvgIpc) is 3.04. The van der Waals surface area contributed by atoms with Crippen LogP contribution in [0.5, 0.6) is 23.0 Å². The Hall–Kier alpha value is -5.70. The van der Waals surface area contributed by atoms with Gasteiger partial charge in [0.15, 0.2) is 11.5 Å². The average molecular weight is 726 g/mol. The highest BCUT2D eigenvalue weighted by atomic mass is 79.9. The van der Waals surface area contributed by atoms with Crippen LogP contribution in [0.1, 0.15) is 23.6 Å². The lowest BCUT2D eigenvalue weighted by Gasteiger charge is -2.26. The van der Waals surface area contributed by atoms with E-state index in [-0.39, 0.29) is 33.8 Å². The van der Waals surface area contributed by atoms with E-state index in [2.05, 4.69) is 21.2 Å². The van der Waals surface area contributed by atoms with Gasteiger partial charge in [0, 0.05) is 6.07 Å². The highest BCUT2D eigenvalue weighted by molar-refractivity contribution is 9.10. The number of benzene rings is 4. The van der Waals surface area contributed by atoms with Crippen LogP contribution in [-0.2, 0) is 22.4 Å². The summed E-state index contributed by atoms with van der Waals surface area (Å²) < 4.78 is 56.7. The number of amides is 4. The van der Waals surface area contributed by atoms with Gasteiger partial charge < -0.3 is 14.2 Å². The Morgan fingerprint density at radius 2 is 1.65 bits per heavy atom. The number of urea groups is 1. The Balaban J connectivity index is 1.42. The van der Waals surface area contributed by atoms with E-state index in [0.717, 1.165) is 16.5 Å². The number of rotatable bonds is 10. The van der Waals surface area contributed by atoms with E-state index < -0.39 is 51.5 Å². The minimum absolute atomic E-state index is 0.0180.